The summed E-state index contributed by atoms with van der Waals surface area (Å²) in [4.78, 5) is 11.2. The second kappa shape index (κ2) is 5.98. The minimum atomic E-state index is -4.47. The van der Waals surface area contributed by atoms with Crippen LogP contribution in [0.1, 0.15) is 33.1 Å². The van der Waals surface area contributed by atoms with Crippen LogP contribution < -0.4 is 0 Å². The van der Waals surface area contributed by atoms with Crippen LogP contribution in [-0.4, -0.2) is 24.9 Å². The van der Waals surface area contributed by atoms with Gasteiger partial charge in [-0.2, -0.15) is 0 Å². The third-order valence-corrected chi connectivity index (χ3v) is 2.22. The molecule has 0 bridgehead atoms. The smallest absolute Gasteiger partial charge is 0.309 e. The summed E-state index contributed by atoms with van der Waals surface area (Å²) in [5.41, 5.74) is 0. The van der Waals surface area contributed by atoms with Crippen molar-refractivity contribution >= 4 is 16.1 Å². The maximum absolute atomic E-state index is 11.2. The van der Waals surface area contributed by atoms with Gasteiger partial charge in [0.25, 0.3) is 0 Å². The molecule has 0 aliphatic carbocycles. The molecule has 0 spiro atoms. The maximum atomic E-state index is 11.2. The molecule has 0 fully saturated rings. The summed E-state index contributed by atoms with van der Waals surface area (Å²) in [7, 11) is -4.47. The molecule has 0 aromatic heterocycles. The van der Waals surface area contributed by atoms with E-state index in [0.29, 0.717) is 12.8 Å². The van der Waals surface area contributed by atoms with Crippen LogP contribution in [-0.2, 0) is 19.6 Å². The Bertz CT molecular complexity index is 269. The van der Waals surface area contributed by atoms with E-state index in [-0.39, 0.29) is 5.92 Å². The average molecular weight is 223 g/mol. The number of esters is 1. The molecule has 0 saturated heterocycles. The Morgan fingerprint density at radius 3 is 2.36 bits per heavy atom. The van der Waals surface area contributed by atoms with Gasteiger partial charge in [-0.1, -0.05) is 20.3 Å². The molecular weight excluding hydrogens is 208 g/mol. The van der Waals surface area contributed by atoms with Gasteiger partial charge in [0.05, 0.1) is 5.92 Å². The van der Waals surface area contributed by atoms with Crippen LogP contribution in [0.2, 0.25) is 0 Å². The summed E-state index contributed by atoms with van der Waals surface area (Å²) in [6.45, 7) is 3.73. The second-order valence-corrected chi connectivity index (χ2v) is 4.38. The van der Waals surface area contributed by atoms with E-state index in [1.807, 2.05) is 13.8 Å². The van der Waals surface area contributed by atoms with E-state index in [1.165, 1.54) is 0 Å². The molecule has 84 valence electrons. The molecule has 0 aromatic rings. The van der Waals surface area contributed by atoms with E-state index in [9.17, 15) is 17.8 Å². The highest BCUT2D eigenvalue weighted by molar-refractivity contribution is 7.85. The van der Waals surface area contributed by atoms with Crippen LogP contribution in [0.4, 0.5) is 0 Å². The largest absolute Gasteiger partial charge is 0.745 e. The zero-order valence-corrected chi connectivity index (χ0v) is 9.17. The van der Waals surface area contributed by atoms with Crippen LogP contribution in [0.3, 0.4) is 0 Å². The van der Waals surface area contributed by atoms with Crippen molar-refractivity contribution in [3.8, 4) is 0 Å². The second-order valence-electron chi connectivity index (χ2n) is 3.03. The van der Waals surface area contributed by atoms with Crippen LogP contribution in [0.15, 0.2) is 0 Å². The third-order valence-electron chi connectivity index (χ3n) is 1.81. The van der Waals surface area contributed by atoms with Gasteiger partial charge >= 0.3 is 5.97 Å². The fourth-order valence-corrected chi connectivity index (χ4v) is 1.35. The highest BCUT2D eigenvalue weighted by Crippen LogP contribution is 2.12. The summed E-state index contributed by atoms with van der Waals surface area (Å²) in [5, 5.41) is 0. The normalized spacial score (nSPS) is 13.6. The predicted octanol–water partition coefficient (Wildman–Crippen LogP) is 0.859. The molecular formula is C8H15O5S-. The number of rotatable bonds is 6. The van der Waals surface area contributed by atoms with Crippen molar-refractivity contribution < 1.29 is 22.5 Å². The Morgan fingerprint density at radius 2 is 2.00 bits per heavy atom. The first-order valence-electron chi connectivity index (χ1n) is 4.50. The van der Waals surface area contributed by atoms with Crippen molar-refractivity contribution in [2.75, 3.05) is 5.94 Å². The van der Waals surface area contributed by atoms with Crippen molar-refractivity contribution in [1.29, 1.82) is 0 Å². The number of carbonyl (C=O) groups excluding carboxylic acids is 1. The van der Waals surface area contributed by atoms with E-state index >= 15 is 0 Å². The van der Waals surface area contributed by atoms with Gasteiger partial charge in [0.15, 0.2) is 5.94 Å². The number of hydrogen-bond donors (Lipinski definition) is 0. The van der Waals surface area contributed by atoms with E-state index in [1.54, 1.807) is 0 Å². The molecule has 0 aliphatic rings. The first-order chi connectivity index (χ1) is 6.40. The molecule has 1 unspecified atom stereocenters. The van der Waals surface area contributed by atoms with Gasteiger partial charge in [-0.3, -0.25) is 4.79 Å². The van der Waals surface area contributed by atoms with Crippen LogP contribution >= 0.6 is 0 Å². The molecule has 0 rings (SSSR count). The van der Waals surface area contributed by atoms with Crippen LogP contribution in [0, 0.1) is 5.92 Å². The summed E-state index contributed by atoms with van der Waals surface area (Å²) in [5.74, 6) is -1.97. The quantitative estimate of drug-likeness (QED) is 0.492. The Balaban J connectivity index is 4.05. The first kappa shape index (κ1) is 13.4. The third kappa shape index (κ3) is 5.93. The number of ether oxygens (including phenoxy) is 1. The van der Waals surface area contributed by atoms with E-state index in [0.717, 1.165) is 6.42 Å². The Kier molecular flexibility index (Phi) is 5.71. The fraction of sp³-hybridized carbons (Fsp3) is 0.875. The number of hydrogen-bond acceptors (Lipinski definition) is 5. The van der Waals surface area contributed by atoms with Gasteiger partial charge < -0.3 is 9.29 Å². The molecule has 6 heteroatoms. The lowest BCUT2D eigenvalue weighted by molar-refractivity contribution is -0.147. The molecule has 0 heterocycles. The van der Waals surface area contributed by atoms with Gasteiger partial charge in [-0.25, -0.2) is 8.42 Å². The molecule has 0 radical (unpaired) electrons. The lowest BCUT2D eigenvalue weighted by atomic mass is 10.0. The van der Waals surface area contributed by atoms with Crippen molar-refractivity contribution in [2.24, 2.45) is 5.92 Å². The molecule has 0 aromatic carbocycles. The predicted molar refractivity (Wildman–Crippen MR) is 49.3 cm³/mol. The minimum absolute atomic E-state index is 0.304. The van der Waals surface area contributed by atoms with Gasteiger partial charge in [0, 0.05) is 0 Å². The van der Waals surface area contributed by atoms with Crippen molar-refractivity contribution in [1.82, 2.24) is 0 Å². The Morgan fingerprint density at radius 1 is 1.43 bits per heavy atom. The minimum Gasteiger partial charge on any atom is -0.745 e. The summed E-state index contributed by atoms with van der Waals surface area (Å²) < 4.78 is 34.9. The fourth-order valence-electron chi connectivity index (χ4n) is 1.09. The van der Waals surface area contributed by atoms with Gasteiger partial charge in [0.1, 0.15) is 10.1 Å². The topological polar surface area (TPSA) is 83.5 Å². The number of carbonyl (C=O) groups is 1. The molecule has 0 saturated carbocycles. The molecule has 0 aliphatic heterocycles. The highest BCUT2D eigenvalue weighted by atomic mass is 32.2. The summed E-state index contributed by atoms with van der Waals surface area (Å²) in [6, 6.07) is 0. The van der Waals surface area contributed by atoms with Gasteiger partial charge in [-0.15, -0.1) is 0 Å². The summed E-state index contributed by atoms with van der Waals surface area (Å²) >= 11 is 0. The monoisotopic (exact) mass is 223 g/mol. The van der Waals surface area contributed by atoms with E-state index in [2.05, 4.69) is 4.74 Å². The van der Waals surface area contributed by atoms with Crippen molar-refractivity contribution in [3.05, 3.63) is 0 Å². The van der Waals surface area contributed by atoms with Crippen LogP contribution in [0.25, 0.3) is 0 Å². The lowest BCUT2D eigenvalue weighted by Gasteiger charge is -2.14. The molecule has 0 amide bonds. The molecule has 1 atom stereocenters. The van der Waals surface area contributed by atoms with E-state index in [4.69, 9.17) is 0 Å². The maximum Gasteiger partial charge on any atom is 0.309 e. The van der Waals surface area contributed by atoms with Gasteiger partial charge in [0.2, 0.25) is 0 Å². The molecule has 5 nitrogen and oxygen atoms in total. The molecule has 0 N–H and O–H groups in total. The highest BCUT2D eigenvalue weighted by Gasteiger charge is 2.17. The Labute approximate surface area is 84.2 Å². The first-order valence-corrected chi connectivity index (χ1v) is 6.08. The van der Waals surface area contributed by atoms with E-state index < -0.39 is 22.0 Å². The SMILES string of the molecule is CCCC(CC)C(=O)OCS(=O)(=O)[O-]. The van der Waals surface area contributed by atoms with Crippen LogP contribution in [0.5, 0.6) is 0 Å². The summed E-state index contributed by atoms with van der Waals surface area (Å²) in [6.07, 6.45) is 2.05. The zero-order chi connectivity index (χ0) is 11.2. The molecule has 14 heavy (non-hydrogen) atoms. The zero-order valence-electron chi connectivity index (χ0n) is 8.36. The Hall–Kier alpha value is -0.620. The van der Waals surface area contributed by atoms with Gasteiger partial charge in [-0.05, 0) is 12.8 Å². The van der Waals surface area contributed by atoms with Crippen molar-refractivity contribution in [2.45, 2.75) is 33.1 Å². The standard InChI is InChI=1S/C8H16O5S/c1-3-5-7(4-2)8(9)13-6-14(10,11)12/h7H,3-6H2,1-2H3,(H,10,11,12)/p-1. The average Bonchev–Trinajstić information content (AvgIpc) is 2.09. The lowest BCUT2D eigenvalue weighted by Crippen LogP contribution is -2.20. The van der Waals surface area contributed by atoms with Crippen molar-refractivity contribution in [3.63, 3.8) is 0 Å².